The lowest BCUT2D eigenvalue weighted by Gasteiger charge is -2.14. The molecule has 1 fully saturated rings. The van der Waals surface area contributed by atoms with Gasteiger partial charge in [0, 0.05) is 42.9 Å². The fourth-order valence-corrected chi connectivity index (χ4v) is 3.39. The van der Waals surface area contributed by atoms with Crippen molar-refractivity contribution in [1.29, 1.82) is 0 Å². The molecule has 34 heavy (non-hydrogen) atoms. The van der Waals surface area contributed by atoms with E-state index in [0.717, 1.165) is 56.8 Å². The van der Waals surface area contributed by atoms with Crippen LogP contribution in [0.1, 0.15) is 39.9 Å². The fraction of sp³-hybridized carbons (Fsp3) is 0.360. The molecule has 1 aliphatic rings. The van der Waals surface area contributed by atoms with Crippen LogP contribution in [-0.4, -0.2) is 60.9 Å². The first-order valence-electron chi connectivity index (χ1n) is 11.3. The zero-order valence-electron chi connectivity index (χ0n) is 19.0. The van der Waals surface area contributed by atoms with Gasteiger partial charge in [-0.25, -0.2) is 5.48 Å². The Hall–Kier alpha value is -3.26. The summed E-state index contributed by atoms with van der Waals surface area (Å²) in [5.41, 5.74) is 10.1. The van der Waals surface area contributed by atoms with Crippen molar-refractivity contribution >= 4 is 11.8 Å². The lowest BCUT2D eigenvalue weighted by molar-refractivity contribution is -0.130. The molecular weight excluding hydrogens is 434 g/mol. The smallest absolute Gasteiger partial charge is 0.267 e. The molecular formula is C25H31N5O4. The maximum atomic E-state index is 12.3. The number of nitrogens with zero attached hydrogens (tertiary/aromatic N) is 1. The Morgan fingerprint density at radius 2 is 1.76 bits per heavy atom. The molecule has 3 rings (SSSR count). The summed E-state index contributed by atoms with van der Waals surface area (Å²) in [5, 5.41) is 16.6. The SMILES string of the molecule is NC[C@H](NC(=O)c1ccc(C#Cc2ccc(CNCCCN3CCCO3)cc2)cc1)C(=O)NO. The number of carbonyl (C=O) groups excluding carboxylic acids is 2. The van der Waals surface area contributed by atoms with E-state index in [1.807, 2.05) is 17.2 Å². The summed E-state index contributed by atoms with van der Waals surface area (Å²) in [6.45, 7) is 4.45. The molecule has 2 amide bonds. The molecule has 0 saturated carbocycles. The Bertz CT molecular complexity index is 993. The number of benzene rings is 2. The van der Waals surface area contributed by atoms with E-state index in [9.17, 15) is 9.59 Å². The van der Waals surface area contributed by atoms with E-state index in [4.69, 9.17) is 15.8 Å². The zero-order valence-corrected chi connectivity index (χ0v) is 19.0. The predicted molar refractivity (Wildman–Crippen MR) is 128 cm³/mol. The molecule has 1 aliphatic heterocycles. The van der Waals surface area contributed by atoms with Gasteiger partial charge in [0.15, 0.2) is 0 Å². The molecule has 1 atom stereocenters. The van der Waals surface area contributed by atoms with Crippen molar-refractivity contribution in [2.24, 2.45) is 5.73 Å². The van der Waals surface area contributed by atoms with Gasteiger partial charge in [0.1, 0.15) is 6.04 Å². The number of hydrogen-bond donors (Lipinski definition) is 5. The van der Waals surface area contributed by atoms with Gasteiger partial charge in [-0.2, -0.15) is 5.06 Å². The van der Waals surface area contributed by atoms with Crippen LogP contribution in [0, 0.1) is 11.8 Å². The first-order valence-corrected chi connectivity index (χ1v) is 11.3. The average Bonchev–Trinajstić information content (AvgIpc) is 3.40. The Morgan fingerprint density at radius 3 is 2.35 bits per heavy atom. The summed E-state index contributed by atoms with van der Waals surface area (Å²) >= 11 is 0. The third-order valence-corrected chi connectivity index (χ3v) is 5.34. The van der Waals surface area contributed by atoms with Crippen molar-refractivity contribution in [3.8, 4) is 11.8 Å². The lowest BCUT2D eigenvalue weighted by Crippen LogP contribution is -2.50. The molecule has 0 spiro atoms. The molecule has 180 valence electrons. The molecule has 9 heteroatoms. The first kappa shape index (κ1) is 25.4. The quantitative estimate of drug-likeness (QED) is 0.152. The Labute approximate surface area is 199 Å². The summed E-state index contributed by atoms with van der Waals surface area (Å²) in [6, 6.07) is 13.8. The minimum atomic E-state index is -1.01. The van der Waals surface area contributed by atoms with Crippen molar-refractivity contribution in [3.05, 3.63) is 70.8 Å². The summed E-state index contributed by atoms with van der Waals surface area (Å²) in [6.07, 6.45) is 2.17. The van der Waals surface area contributed by atoms with Crippen molar-refractivity contribution in [1.82, 2.24) is 21.2 Å². The van der Waals surface area contributed by atoms with Crippen LogP contribution in [0.3, 0.4) is 0 Å². The molecule has 9 nitrogen and oxygen atoms in total. The van der Waals surface area contributed by atoms with Gasteiger partial charge >= 0.3 is 0 Å². The Morgan fingerprint density at radius 1 is 1.09 bits per heavy atom. The normalized spacial score (nSPS) is 14.2. The van der Waals surface area contributed by atoms with E-state index < -0.39 is 17.9 Å². The van der Waals surface area contributed by atoms with Crippen LogP contribution in [0.15, 0.2) is 48.5 Å². The molecule has 1 heterocycles. The highest BCUT2D eigenvalue weighted by molar-refractivity contribution is 5.97. The molecule has 2 aromatic rings. The summed E-state index contributed by atoms with van der Waals surface area (Å²) in [4.78, 5) is 29.2. The van der Waals surface area contributed by atoms with Crippen molar-refractivity contribution in [2.75, 3.05) is 32.8 Å². The summed E-state index contributed by atoms with van der Waals surface area (Å²) in [5.74, 6) is 4.97. The zero-order chi connectivity index (χ0) is 24.2. The van der Waals surface area contributed by atoms with Gasteiger partial charge in [0.05, 0.1) is 6.61 Å². The van der Waals surface area contributed by atoms with Gasteiger partial charge in [-0.05, 0) is 61.3 Å². The predicted octanol–water partition coefficient (Wildman–Crippen LogP) is 0.766. The van der Waals surface area contributed by atoms with E-state index in [1.54, 1.807) is 24.3 Å². The second kappa shape index (κ2) is 13.4. The molecule has 2 aromatic carbocycles. The summed E-state index contributed by atoms with van der Waals surface area (Å²) in [7, 11) is 0. The first-order chi connectivity index (χ1) is 16.6. The fourth-order valence-electron chi connectivity index (χ4n) is 3.39. The van der Waals surface area contributed by atoms with Gasteiger partial charge in [-0.1, -0.05) is 24.0 Å². The number of amides is 2. The van der Waals surface area contributed by atoms with E-state index >= 15 is 0 Å². The third-order valence-electron chi connectivity index (χ3n) is 5.34. The van der Waals surface area contributed by atoms with Crippen LogP contribution in [0.2, 0.25) is 0 Å². The highest BCUT2D eigenvalue weighted by Gasteiger charge is 2.19. The number of carbonyl (C=O) groups is 2. The highest BCUT2D eigenvalue weighted by Crippen LogP contribution is 2.07. The average molecular weight is 466 g/mol. The van der Waals surface area contributed by atoms with E-state index in [2.05, 4.69) is 34.6 Å². The summed E-state index contributed by atoms with van der Waals surface area (Å²) < 4.78 is 0. The number of nitrogens with two attached hydrogens (primary N) is 1. The maximum Gasteiger partial charge on any atom is 0.267 e. The minimum Gasteiger partial charge on any atom is -0.339 e. The maximum absolute atomic E-state index is 12.3. The van der Waals surface area contributed by atoms with Crippen molar-refractivity contribution < 1.29 is 19.6 Å². The molecule has 0 radical (unpaired) electrons. The molecule has 0 aliphatic carbocycles. The standard InChI is InChI=1S/C25H31N5O4/c26-17-23(25(32)29-33)28-24(31)22-11-9-20(10-12-22)4-3-19-5-7-21(8-6-19)18-27-13-1-14-30-15-2-16-34-30/h5-12,23,27,33H,1-2,13-18,26H2,(H,28,31)(H,29,32)/t23-/m0/s1. The third kappa shape index (κ3) is 7.95. The number of hydrogen-bond acceptors (Lipinski definition) is 7. The van der Waals surface area contributed by atoms with Gasteiger partial charge in [-0.15, -0.1) is 0 Å². The largest absolute Gasteiger partial charge is 0.339 e. The minimum absolute atomic E-state index is 0.134. The van der Waals surface area contributed by atoms with E-state index in [1.165, 1.54) is 11.0 Å². The highest BCUT2D eigenvalue weighted by atomic mass is 16.7. The van der Waals surface area contributed by atoms with Gasteiger partial charge in [0.25, 0.3) is 11.8 Å². The van der Waals surface area contributed by atoms with Crippen LogP contribution in [0.25, 0.3) is 0 Å². The van der Waals surface area contributed by atoms with Crippen molar-refractivity contribution in [2.45, 2.75) is 25.4 Å². The number of rotatable bonds is 10. The Balaban J connectivity index is 1.44. The molecule has 6 N–H and O–H groups in total. The van der Waals surface area contributed by atoms with E-state index in [-0.39, 0.29) is 6.54 Å². The lowest BCUT2D eigenvalue weighted by atomic mass is 10.1. The molecule has 0 aromatic heterocycles. The Kier molecular flexibility index (Phi) is 10.0. The topological polar surface area (TPSA) is 129 Å². The van der Waals surface area contributed by atoms with E-state index in [0.29, 0.717) is 5.56 Å². The second-order valence-electron chi connectivity index (χ2n) is 7.91. The van der Waals surface area contributed by atoms with Crippen LogP contribution < -0.4 is 21.8 Å². The van der Waals surface area contributed by atoms with Gasteiger partial charge < -0.3 is 16.4 Å². The van der Waals surface area contributed by atoms with Crippen LogP contribution in [0.4, 0.5) is 0 Å². The molecule has 0 bridgehead atoms. The second-order valence-corrected chi connectivity index (χ2v) is 7.91. The molecule has 1 saturated heterocycles. The van der Waals surface area contributed by atoms with Crippen LogP contribution in [-0.2, 0) is 16.2 Å². The number of hydroxylamine groups is 3. The number of nitrogens with one attached hydrogen (secondary N) is 3. The monoisotopic (exact) mass is 465 g/mol. The van der Waals surface area contributed by atoms with Crippen LogP contribution in [0.5, 0.6) is 0 Å². The van der Waals surface area contributed by atoms with Gasteiger partial charge in [-0.3, -0.25) is 19.6 Å². The van der Waals surface area contributed by atoms with Gasteiger partial charge in [0.2, 0.25) is 0 Å². The molecule has 0 unspecified atom stereocenters. The van der Waals surface area contributed by atoms with Crippen LogP contribution >= 0.6 is 0 Å². The van der Waals surface area contributed by atoms with Crippen molar-refractivity contribution in [3.63, 3.8) is 0 Å².